The number of aromatic nitrogens is 4. The monoisotopic (exact) mass is 482 g/mol. The number of nitrogens with zero attached hydrogens (tertiary/aromatic N) is 4. The molecule has 3 heterocycles. The van der Waals surface area contributed by atoms with Crippen LogP contribution in [0.2, 0.25) is 0 Å². The van der Waals surface area contributed by atoms with E-state index >= 15 is 0 Å². The summed E-state index contributed by atoms with van der Waals surface area (Å²) in [6.45, 7) is 1.60. The average molecular weight is 482 g/mol. The first-order valence-electron chi connectivity index (χ1n) is 10.1. The van der Waals surface area contributed by atoms with Crippen molar-refractivity contribution in [2.24, 2.45) is 0 Å². The Morgan fingerprint density at radius 2 is 1.91 bits per heavy atom. The molecule has 0 fully saturated rings. The van der Waals surface area contributed by atoms with Gasteiger partial charge in [-0.05, 0) is 37.5 Å². The third-order valence-corrected chi connectivity index (χ3v) is 5.40. The minimum atomic E-state index is -4.72. The molecule has 0 radical (unpaired) electrons. The van der Waals surface area contributed by atoms with Gasteiger partial charge in [0.05, 0.1) is 11.9 Å². The summed E-state index contributed by atoms with van der Waals surface area (Å²) in [5.41, 5.74) is -0.890. The predicted octanol–water partition coefficient (Wildman–Crippen LogP) is 4.66. The molecule has 1 aromatic carbocycles. The Kier molecular flexibility index (Phi) is 4.95. The van der Waals surface area contributed by atoms with Gasteiger partial charge in [0, 0.05) is 18.1 Å². The summed E-state index contributed by atoms with van der Waals surface area (Å²) in [5.74, 6) is -0.821. The fraction of sp³-hybridized carbons (Fsp3) is 0.333. The molecule has 2 aliphatic rings. The van der Waals surface area contributed by atoms with Crippen LogP contribution in [-0.2, 0) is 12.6 Å². The maximum absolute atomic E-state index is 13.5. The van der Waals surface area contributed by atoms with Gasteiger partial charge in [0.15, 0.2) is 23.0 Å². The normalized spacial score (nSPS) is 17.4. The molecule has 1 atom stereocenters. The average Bonchev–Trinajstić information content (AvgIpc) is 3.30. The molecule has 0 bridgehead atoms. The first-order valence-corrected chi connectivity index (χ1v) is 10.1. The number of ketones is 1. The number of carbonyl (C=O) groups excluding carboxylic acids is 1. The standard InChI is InChI=1S/C21H15F5N4O4/c1-10(11-5-6-15-16(7-11)34-21(25,26)33-15)32-17-8-12(9-27-28-17)30-18-13(3-2-4-14(18)31)19(29-30)20(22,23)24/h5-10H,2-4H2,1H3. The van der Waals surface area contributed by atoms with E-state index in [9.17, 15) is 26.7 Å². The van der Waals surface area contributed by atoms with Gasteiger partial charge >= 0.3 is 12.5 Å². The van der Waals surface area contributed by atoms with E-state index in [1.54, 1.807) is 6.92 Å². The molecule has 0 saturated heterocycles. The highest BCUT2D eigenvalue weighted by molar-refractivity contribution is 5.97. The Hall–Kier alpha value is -3.77. The lowest BCUT2D eigenvalue weighted by molar-refractivity contribution is -0.286. The highest BCUT2D eigenvalue weighted by Gasteiger charge is 2.44. The Morgan fingerprint density at radius 3 is 2.68 bits per heavy atom. The summed E-state index contributed by atoms with van der Waals surface area (Å²) in [5, 5.41) is 11.2. The van der Waals surface area contributed by atoms with E-state index in [-0.39, 0.29) is 47.2 Å². The molecule has 13 heteroatoms. The van der Waals surface area contributed by atoms with E-state index in [0.717, 1.165) is 10.9 Å². The second kappa shape index (κ2) is 7.64. The van der Waals surface area contributed by atoms with E-state index < -0.39 is 30.1 Å². The molecule has 0 amide bonds. The van der Waals surface area contributed by atoms with Crippen molar-refractivity contribution < 1.29 is 41.0 Å². The third kappa shape index (κ3) is 3.90. The van der Waals surface area contributed by atoms with E-state index in [2.05, 4.69) is 24.8 Å². The lowest BCUT2D eigenvalue weighted by Gasteiger charge is -2.16. The number of hydrogen-bond acceptors (Lipinski definition) is 7. The molecular formula is C21H15F5N4O4. The molecule has 178 valence electrons. The summed E-state index contributed by atoms with van der Waals surface area (Å²) >= 11 is 0. The Balaban J connectivity index is 1.44. The van der Waals surface area contributed by atoms with Crippen LogP contribution in [0.15, 0.2) is 30.5 Å². The largest absolute Gasteiger partial charge is 0.586 e. The fourth-order valence-corrected chi connectivity index (χ4v) is 3.91. The van der Waals surface area contributed by atoms with Crippen molar-refractivity contribution in [2.75, 3.05) is 0 Å². The summed E-state index contributed by atoms with van der Waals surface area (Å²) in [4.78, 5) is 12.4. The van der Waals surface area contributed by atoms with Gasteiger partial charge in [-0.3, -0.25) is 4.79 Å². The number of benzene rings is 1. The van der Waals surface area contributed by atoms with Crippen molar-refractivity contribution in [3.8, 4) is 23.1 Å². The maximum atomic E-state index is 13.5. The Labute approximate surface area is 188 Å². The first-order chi connectivity index (χ1) is 16.0. The predicted molar refractivity (Wildman–Crippen MR) is 103 cm³/mol. The highest BCUT2D eigenvalue weighted by atomic mass is 19.4. The molecule has 0 N–H and O–H groups in total. The van der Waals surface area contributed by atoms with Crippen molar-refractivity contribution in [1.82, 2.24) is 20.0 Å². The van der Waals surface area contributed by atoms with Gasteiger partial charge in [-0.2, -0.15) is 23.4 Å². The number of fused-ring (bicyclic) bond motifs is 2. The zero-order chi connectivity index (χ0) is 24.3. The quantitative estimate of drug-likeness (QED) is 0.500. The van der Waals surface area contributed by atoms with Crippen molar-refractivity contribution in [3.63, 3.8) is 0 Å². The van der Waals surface area contributed by atoms with Crippen molar-refractivity contribution in [2.45, 2.75) is 44.8 Å². The van der Waals surface area contributed by atoms with Crippen molar-refractivity contribution in [1.29, 1.82) is 0 Å². The van der Waals surface area contributed by atoms with Gasteiger partial charge in [0.2, 0.25) is 5.88 Å². The van der Waals surface area contributed by atoms with Crippen molar-refractivity contribution in [3.05, 3.63) is 53.0 Å². The minimum absolute atomic E-state index is 0.0597. The highest BCUT2D eigenvalue weighted by Crippen LogP contribution is 2.42. The van der Waals surface area contributed by atoms with Crippen LogP contribution in [-0.4, -0.2) is 32.1 Å². The number of ether oxygens (including phenoxy) is 3. The van der Waals surface area contributed by atoms with Gasteiger partial charge in [-0.15, -0.1) is 13.9 Å². The van der Waals surface area contributed by atoms with Crippen LogP contribution in [0.4, 0.5) is 22.0 Å². The molecule has 5 rings (SSSR count). The third-order valence-electron chi connectivity index (χ3n) is 5.40. The number of halogens is 5. The van der Waals surface area contributed by atoms with E-state index in [4.69, 9.17) is 4.74 Å². The fourth-order valence-electron chi connectivity index (χ4n) is 3.91. The van der Waals surface area contributed by atoms with Gasteiger partial charge in [0.25, 0.3) is 0 Å². The zero-order valence-electron chi connectivity index (χ0n) is 17.4. The molecule has 1 unspecified atom stereocenters. The number of carbonyl (C=O) groups is 1. The van der Waals surface area contributed by atoms with Gasteiger partial charge in [-0.25, -0.2) is 4.68 Å². The number of rotatable bonds is 4. The molecular weight excluding hydrogens is 467 g/mol. The molecule has 1 aliphatic heterocycles. The molecule has 1 aliphatic carbocycles. The smallest absolute Gasteiger partial charge is 0.469 e. The second-order valence-corrected chi connectivity index (χ2v) is 7.75. The number of alkyl halides is 5. The maximum Gasteiger partial charge on any atom is 0.586 e. The minimum Gasteiger partial charge on any atom is -0.469 e. The molecule has 2 aromatic heterocycles. The van der Waals surface area contributed by atoms with Crippen LogP contribution in [0.25, 0.3) is 5.69 Å². The van der Waals surface area contributed by atoms with Crippen LogP contribution in [0, 0.1) is 0 Å². The Morgan fingerprint density at radius 1 is 1.15 bits per heavy atom. The second-order valence-electron chi connectivity index (χ2n) is 7.75. The van der Waals surface area contributed by atoms with Crippen LogP contribution in [0.3, 0.4) is 0 Å². The zero-order valence-corrected chi connectivity index (χ0v) is 17.4. The van der Waals surface area contributed by atoms with Crippen LogP contribution in [0.1, 0.15) is 53.2 Å². The lowest BCUT2D eigenvalue weighted by atomic mass is 9.94. The number of Topliss-reactive ketones (excluding diaryl/α,β-unsaturated/α-hetero) is 1. The molecule has 0 spiro atoms. The first kappa shape index (κ1) is 22.0. The van der Waals surface area contributed by atoms with Crippen LogP contribution >= 0.6 is 0 Å². The molecule has 3 aromatic rings. The SMILES string of the molecule is CC(Oc1cc(-n2nc(C(F)(F)F)c3c2C(=O)CCC3)cnn1)c1ccc2c(c1)OC(F)(F)O2. The van der Waals surface area contributed by atoms with Crippen LogP contribution < -0.4 is 14.2 Å². The van der Waals surface area contributed by atoms with Crippen LogP contribution in [0.5, 0.6) is 17.4 Å². The summed E-state index contributed by atoms with van der Waals surface area (Å²) in [6, 6.07) is 5.40. The Bertz CT molecular complexity index is 1290. The summed E-state index contributed by atoms with van der Waals surface area (Å²) in [6.07, 6.45) is -7.56. The van der Waals surface area contributed by atoms with Gasteiger partial charge in [-0.1, -0.05) is 6.07 Å². The molecule has 8 nitrogen and oxygen atoms in total. The summed E-state index contributed by atoms with van der Waals surface area (Å²) in [7, 11) is 0. The van der Waals surface area contributed by atoms with Crippen molar-refractivity contribution >= 4 is 5.78 Å². The van der Waals surface area contributed by atoms with E-state index in [0.29, 0.717) is 12.0 Å². The van der Waals surface area contributed by atoms with Gasteiger partial charge in [0.1, 0.15) is 11.8 Å². The summed E-state index contributed by atoms with van der Waals surface area (Å²) < 4.78 is 82.4. The molecule has 0 saturated carbocycles. The van der Waals surface area contributed by atoms with Gasteiger partial charge < -0.3 is 14.2 Å². The molecule has 34 heavy (non-hydrogen) atoms. The van der Waals surface area contributed by atoms with E-state index in [1.807, 2.05) is 0 Å². The van der Waals surface area contributed by atoms with E-state index in [1.165, 1.54) is 24.3 Å². The number of hydrogen-bond donors (Lipinski definition) is 0. The lowest BCUT2D eigenvalue weighted by Crippen LogP contribution is -2.25. The topological polar surface area (TPSA) is 88.4 Å².